The third-order valence-corrected chi connectivity index (χ3v) is 5.55. The molecule has 1 heterocycles. The molecule has 0 aliphatic rings. The SMILES string of the molecule is CCCC[C@@H](CC)CNC(=O)/C(=C/c1cccs1)NC(=O)c1ccc(C)cc1. The van der Waals surface area contributed by atoms with Crippen LogP contribution in [0.1, 0.15) is 60.3 Å². The van der Waals surface area contributed by atoms with E-state index >= 15 is 0 Å². The normalized spacial score (nSPS) is 12.5. The number of rotatable bonds is 10. The van der Waals surface area contributed by atoms with Crippen LogP contribution in [0.15, 0.2) is 47.5 Å². The fraction of sp³-hybridized carbons (Fsp3) is 0.391. The van der Waals surface area contributed by atoms with Crippen LogP contribution in [0.3, 0.4) is 0 Å². The van der Waals surface area contributed by atoms with E-state index in [1.807, 2.05) is 36.6 Å². The lowest BCUT2D eigenvalue weighted by Gasteiger charge is -2.16. The number of amides is 2. The molecule has 1 aromatic carbocycles. The van der Waals surface area contributed by atoms with Gasteiger partial charge in [0.05, 0.1) is 0 Å². The van der Waals surface area contributed by atoms with Crippen molar-refractivity contribution < 1.29 is 9.59 Å². The van der Waals surface area contributed by atoms with E-state index < -0.39 is 0 Å². The highest BCUT2D eigenvalue weighted by Crippen LogP contribution is 2.15. The van der Waals surface area contributed by atoms with Crippen LogP contribution in [0.2, 0.25) is 0 Å². The molecule has 5 heteroatoms. The largest absolute Gasteiger partial charge is 0.350 e. The van der Waals surface area contributed by atoms with Crippen molar-refractivity contribution in [2.75, 3.05) is 6.54 Å². The van der Waals surface area contributed by atoms with Gasteiger partial charge in [-0.1, -0.05) is 56.9 Å². The van der Waals surface area contributed by atoms with E-state index in [9.17, 15) is 9.59 Å². The molecule has 0 saturated heterocycles. The summed E-state index contributed by atoms with van der Waals surface area (Å²) in [6.07, 6.45) is 6.18. The lowest BCUT2D eigenvalue weighted by atomic mass is 9.99. The Morgan fingerprint density at radius 1 is 1.14 bits per heavy atom. The second-order valence-electron chi connectivity index (χ2n) is 7.02. The van der Waals surface area contributed by atoms with E-state index in [2.05, 4.69) is 24.5 Å². The van der Waals surface area contributed by atoms with Gasteiger partial charge in [0.1, 0.15) is 5.70 Å². The van der Waals surface area contributed by atoms with Gasteiger partial charge in [0.25, 0.3) is 11.8 Å². The Labute approximate surface area is 172 Å². The molecule has 0 bridgehead atoms. The number of aryl methyl sites for hydroxylation is 1. The second-order valence-corrected chi connectivity index (χ2v) is 8.00. The van der Waals surface area contributed by atoms with Crippen molar-refractivity contribution in [1.29, 1.82) is 0 Å². The van der Waals surface area contributed by atoms with Crippen LogP contribution in [0, 0.1) is 12.8 Å². The van der Waals surface area contributed by atoms with Crippen LogP contribution < -0.4 is 10.6 Å². The van der Waals surface area contributed by atoms with E-state index in [0.29, 0.717) is 18.0 Å². The molecule has 2 rings (SSSR count). The molecule has 0 unspecified atom stereocenters. The molecule has 150 valence electrons. The Balaban J connectivity index is 2.09. The molecule has 4 nitrogen and oxygen atoms in total. The Bertz CT molecular complexity index is 779. The van der Waals surface area contributed by atoms with Crippen molar-refractivity contribution in [1.82, 2.24) is 10.6 Å². The quantitative estimate of drug-likeness (QED) is 0.543. The zero-order valence-corrected chi connectivity index (χ0v) is 17.8. The summed E-state index contributed by atoms with van der Waals surface area (Å²) in [5, 5.41) is 7.74. The average molecular weight is 399 g/mol. The maximum Gasteiger partial charge on any atom is 0.267 e. The summed E-state index contributed by atoms with van der Waals surface area (Å²) in [5.74, 6) is -0.0699. The summed E-state index contributed by atoms with van der Waals surface area (Å²) in [7, 11) is 0. The van der Waals surface area contributed by atoms with Crippen molar-refractivity contribution >= 4 is 29.2 Å². The number of thiophene rings is 1. The highest BCUT2D eigenvalue weighted by molar-refractivity contribution is 7.10. The molecule has 0 fully saturated rings. The highest BCUT2D eigenvalue weighted by Gasteiger charge is 2.16. The van der Waals surface area contributed by atoms with Crippen LogP contribution in [-0.4, -0.2) is 18.4 Å². The zero-order chi connectivity index (χ0) is 20.4. The van der Waals surface area contributed by atoms with E-state index in [-0.39, 0.29) is 17.5 Å². The third-order valence-electron chi connectivity index (χ3n) is 4.73. The number of nitrogens with one attached hydrogen (secondary N) is 2. The summed E-state index contributed by atoms with van der Waals surface area (Å²) < 4.78 is 0. The Morgan fingerprint density at radius 3 is 2.50 bits per heavy atom. The maximum atomic E-state index is 12.8. The summed E-state index contributed by atoms with van der Waals surface area (Å²) in [6, 6.07) is 11.2. The molecule has 0 saturated carbocycles. The average Bonchev–Trinajstić information content (AvgIpc) is 3.21. The van der Waals surface area contributed by atoms with Crippen molar-refractivity contribution in [3.63, 3.8) is 0 Å². The number of hydrogen-bond donors (Lipinski definition) is 2. The van der Waals surface area contributed by atoms with Crippen molar-refractivity contribution in [3.8, 4) is 0 Å². The smallest absolute Gasteiger partial charge is 0.267 e. The lowest BCUT2D eigenvalue weighted by molar-refractivity contribution is -0.117. The molecule has 2 N–H and O–H groups in total. The minimum Gasteiger partial charge on any atom is -0.350 e. The van der Waals surface area contributed by atoms with E-state index in [1.54, 1.807) is 18.2 Å². The van der Waals surface area contributed by atoms with Gasteiger partial charge < -0.3 is 10.6 Å². The number of benzene rings is 1. The molecule has 1 atom stereocenters. The Hall–Kier alpha value is -2.40. The minimum absolute atomic E-state index is 0.246. The number of carbonyl (C=O) groups excluding carboxylic acids is 2. The molecular formula is C23H30N2O2S. The summed E-state index contributed by atoms with van der Waals surface area (Å²) in [4.78, 5) is 26.3. The lowest BCUT2D eigenvalue weighted by Crippen LogP contribution is -2.37. The van der Waals surface area contributed by atoms with Gasteiger partial charge in [0.15, 0.2) is 0 Å². The summed E-state index contributed by atoms with van der Waals surface area (Å²) in [6.45, 7) is 6.92. The molecule has 1 aromatic heterocycles. The molecule has 2 aromatic rings. The topological polar surface area (TPSA) is 58.2 Å². The molecule has 28 heavy (non-hydrogen) atoms. The van der Waals surface area contributed by atoms with Gasteiger partial charge in [-0.2, -0.15) is 0 Å². The second kappa shape index (κ2) is 11.4. The van der Waals surface area contributed by atoms with Gasteiger partial charge in [-0.05, 0) is 48.9 Å². The first-order chi connectivity index (χ1) is 13.5. The zero-order valence-electron chi connectivity index (χ0n) is 17.0. The third kappa shape index (κ3) is 6.97. The van der Waals surface area contributed by atoms with Gasteiger partial charge in [-0.3, -0.25) is 9.59 Å². The first-order valence-corrected chi connectivity index (χ1v) is 10.8. The van der Waals surface area contributed by atoms with Crippen molar-refractivity contribution in [3.05, 3.63) is 63.5 Å². The van der Waals surface area contributed by atoms with E-state index in [4.69, 9.17) is 0 Å². The predicted octanol–water partition coefficient (Wildman–Crippen LogP) is 5.16. The van der Waals surface area contributed by atoms with Crippen LogP contribution >= 0.6 is 11.3 Å². The van der Waals surface area contributed by atoms with Gasteiger partial charge >= 0.3 is 0 Å². The number of carbonyl (C=O) groups is 2. The van der Waals surface area contributed by atoms with E-state index in [1.165, 1.54) is 11.3 Å². The van der Waals surface area contributed by atoms with Crippen molar-refractivity contribution in [2.24, 2.45) is 5.92 Å². The predicted molar refractivity (Wildman–Crippen MR) is 117 cm³/mol. The molecular weight excluding hydrogens is 368 g/mol. The molecule has 0 aliphatic heterocycles. The maximum absolute atomic E-state index is 12.8. The van der Waals surface area contributed by atoms with E-state index in [0.717, 1.165) is 36.1 Å². The highest BCUT2D eigenvalue weighted by atomic mass is 32.1. The minimum atomic E-state index is -0.281. The molecule has 2 amide bonds. The monoisotopic (exact) mass is 398 g/mol. The van der Waals surface area contributed by atoms with Crippen LogP contribution in [0.25, 0.3) is 6.08 Å². The first-order valence-electron chi connectivity index (χ1n) is 9.94. The summed E-state index contributed by atoms with van der Waals surface area (Å²) >= 11 is 1.53. The molecule has 0 spiro atoms. The standard InChI is InChI=1S/C23H30N2O2S/c1-4-6-8-18(5-2)16-24-23(27)21(15-20-9-7-14-28-20)25-22(26)19-12-10-17(3)11-13-19/h7,9-15,18H,4-6,8,16H2,1-3H3,(H,24,27)(H,25,26)/b21-15-/t18-/m1/s1. The Morgan fingerprint density at radius 2 is 1.89 bits per heavy atom. The van der Waals surface area contributed by atoms with Crippen LogP contribution in [0.5, 0.6) is 0 Å². The van der Waals surface area contributed by atoms with Gasteiger partial charge in [0, 0.05) is 17.0 Å². The number of unbranched alkanes of at least 4 members (excludes halogenated alkanes) is 1. The van der Waals surface area contributed by atoms with Gasteiger partial charge in [-0.25, -0.2) is 0 Å². The summed E-state index contributed by atoms with van der Waals surface area (Å²) in [5.41, 5.74) is 1.89. The van der Waals surface area contributed by atoms with Gasteiger partial charge in [0.2, 0.25) is 0 Å². The molecule has 0 radical (unpaired) electrons. The molecule has 0 aliphatic carbocycles. The number of hydrogen-bond acceptors (Lipinski definition) is 3. The Kier molecular flexibility index (Phi) is 8.95. The fourth-order valence-electron chi connectivity index (χ4n) is 2.85. The van der Waals surface area contributed by atoms with Gasteiger partial charge in [-0.15, -0.1) is 11.3 Å². The fourth-order valence-corrected chi connectivity index (χ4v) is 3.51. The van der Waals surface area contributed by atoms with Crippen molar-refractivity contribution in [2.45, 2.75) is 46.5 Å². The van der Waals surface area contributed by atoms with Crippen LogP contribution in [0.4, 0.5) is 0 Å². The van der Waals surface area contributed by atoms with Crippen LogP contribution in [-0.2, 0) is 4.79 Å². The first kappa shape index (κ1) is 21.9.